The zero-order chi connectivity index (χ0) is 14.2. The Labute approximate surface area is 118 Å². The predicted molar refractivity (Wildman–Crippen MR) is 74.8 cm³/mol. The van der Waals surface area contributed by atoms with Crippen molar-refractivity contribution in [2.45, 2.75) is 13.0 Å². The summed E-state index contributed by atoms with van der Waals surface area (Å²) in [4.78, 5) is 30.3. The first-order valence-electron chi connectivity index (χ1n) is 6.85. The molecule has 1 aromatic rings. The highest BCUT2D eigenvalue weighted by Crippen LogP contribution is 2.01. The Balaban J connectivity index is 1.62. The lowest BCUT2D eigenvalue weighted by Crippen LogP contribution is -2.46. The zero-order valence-corrected chi connectivity index (χ0v) is 11.5. The van der Waals surface area contributed by atoms with Gasteiger partial charge in [0.1, 0.15) is 0 Å². The lowest BCUT2D eigenvalue weighted by molar-refractivity contribution is -0.123. The minimum atomic E-state index is 0.0478. The normalized spacial score (nSPS) is 15.9. The van der Waals surface area contributed by atoms with Crippen molar-refractivity contribution in [2.75, 3.05) is 32.7 Å². The summed E-state index contributed by atoms with van der Waals surface area (Å²) in [5.41, 5.74) is 1.00. The number of amides is 2. The Hall–Kier alpha value is -1.95. The molecule has 0 radical (unpaired) electrons. The Kier molecular flexibility index (Phi) is 5.49. The first kappa shape index (κ1) is 14.5. The molecule has 1 saturated heterocycles. The molecule has 1 aromatic heterocycles. The number of rotatable bonds is 6. The van der Waals surface area contributed by atoms with E-state index in [1.165, 1.54) is 0 Å². The molecule has 0 atom stereocenters. The minimum absolute atomic E-state index is 0.0478. The van der Waals surface area contributed by atoms with Crippen molar-refractivity contribution in [1.29, 1.82) is 0 Å². The van der Waals surface area contributed by atoms with Gasteiger partial charge in [-0.05, 0) is 11.6 Å². The van der Waals surface area contributed by atoms with Gasteiger partial charge < -0.3 is 10.2 Å². The smallest absolute Gasteiger partial charge is 0.221 e. The van der Waals surface area contributed by atoms with Gasteiger partial charge in [0, 0.05) is 58.1 Å². The summed E-state index contributed by atoms with van der Waals surface area (Å²) >= 11 is 0. The van der Waals surface area contributed by atoms with Crippen molar-refractivity contribution in [2.24, 2.45) is 0 Å². The van der Waals surface area contributed by atoms with Crippen LogP contribution in [-0.2, 0) is 16.1 Å². The molecule has 6 heteroatoms. The van der Waals surface area contributed by atoms with E-state index >= 15 is 0 Å². The number of nitrogens with zero attached hydrogens (tertiary/aromatic N) is 3. The molecule has 0 aliphatic carbocycles. The lowest BCUT2D eigenvalue weighted by Gasteiger charge is -2.32. The van der Waals surface area contributed by atoms with E-state index in [1.54, 1.807) is 17.3 Å². The van der Waals surface area contributed by atoms with Gasteiger partial charge in [-0.1, -0.05) is 6.07 Å². The molecule has 6 nitrogen and oxygen atoms in total. The number of carbonyl (C=O) groups excluding carboxylic acids is 2. The van der Waals surface area contributed by atoms with E-state index in [1.807, 2.05) is 12.1 Å². The average molecular weight is 276 g/mol. The molecule has 1 fully saturated rings. The third kappa shape index (κ3) is 4.62. The summed E-state index contributed by atoms with van der Waals surface area (Å²) in [6.07, 6.45) is 4.84. The number of hydrogen-bond acceptors (Lipinski definition) is 4. The monoisotopic (exact) mass is 276 g/mol. The van der Waals surface area contributed by atoms with Gasteiger partial charge in [0.15, 0.2) is 0 Å². The van der Waals surface area contributed by atoms with E-state index in [9.17, 15) is 9.59 Å². The third-order valence-corrected chi connectivity index (χ3v) is 3.42. The topological polar surface area (TPSA) is 65.5 Å². The molecule has 2 amide bonds. The fourth-order valence-corrected chi connectivity index (χ4v) is 2.14. The summed E-state index contributed by atoms with van der Waals surface area (Å²) in [6, 6.07) is 3.79. The second-order valence-corrected chi connectivity index (χ2v) is 4.87. The fraction of sp³-hybridized carbons (Fsp3) is 0.500. The van der Waals surface area contributed by atoms with Crippen LogP contribution in [0.15, 0.2) is 24.5 Å². The Morgan fingerprint density at radius 1 is 1.35 bits per heavy atom. The molecule has 20 heavy (non-hydrogen) atoms. The van der Waals surface area contributed by atoms with E-state index in [4.69, 9.17) is 0 Å². The summed E-state index contributed by atoms with van der Waals surface area (Å²) in [5, 5.41) is 2.89. The van der Waals surface area contributed by atoms with E-state index in [2.05, 4.69) is 15.2 Å². The molecular formula is C14H20N4O2. The number of pyridine rings is 1. The van der Waals surface area contributed by atoms with Crippen LogP contribution < -0.4 is 5.32 Å². The largest absolute Gasteiger partial charge is 0.352 e. The zero-order valence-electron chi connectivity index (χ0n) is 11.5. The first-order valence-corrected chi connectivity index (χ1v) is 6.85. The van der Waals surface area contributed by atoms with Gasteiger partial charge in [0.2, 0.25) is 12.3 Å². The van der Waals surface area contributed by atoms with E-state index in [0.29, 0.717) is 13.0 Å². The molecular weight excluding hydrogens is 256 g/mol. The van der Waals surface area contributed by atoms with Crippen molar-refractivity contribution in [1.82, 2.24) is 20.1 Å². The third-order valence-electron chi connectivity index (χ3n) is 3.42. The minimum Gasteiger partial charge on any atom is -0.352 e. The molecule has 2 heterocycles. The van der Waals surface area contributed by atoms with Crippen LogP contribution >= 0.6 is 0 Å². The molecule has 1 aliphatic rings. The standard InChI is InChI=1S/C14H20N4O2/c19-12-18-8-6-17(7-9-18)5-3-14(20)16-11-13-2-1-4-15-10-13/h1-2,4,10,12H,3,5-9,11H2,(H,16,20). The number of piperazine rings is 1. The van der Waals surface area contributed by atoms with Gasteiger partial charge in [-0.2, -0.15) is 0 Å². The van der Waals surface area contributed by atoms with E-state index in [-0.39, 0.29) is 5.91 Å². The number of aromatic nitrogens is 1. The van der Waals surface area contributed by atoms with Gasteiger partial charge in [-0.25, -0.2) is 0 Å². The number of nitrogens with one attached hydrogen (secondary N) is 1. The number of carbonyl (C=O) groups is 2. The predicted octanol–water partition coefficient (Wildman–Crippen LogP) is -0.138. The quantitative estimate of drug-likeness (QED) is 0.735. The van der Waals surface area contributed by atoms with Crippen molar-refractivity contribution in [3.8, 4) is 0 Å². The Morgan fingerprint density at radius 3 is 2.80 bits per heavy atom. The van der Waals surface area contributed by atoms with Crippen LogP contribution in [-0.4, -0.2) is 59.8 Å². The van der Waals surface area contributed by atoms with Gasteiger partial charge in [-0.3, -0.25) is 19.5 Å². The van der Waals surface area contributed by atoms with E-state index < -0.39 is 0 Å². The summed E-state index contributed by atoms with van der Waals surface area (Å²) in [6.45, 7) is 4.45. The lowest BCUT2D eigenvalue weighted by atomic mass is 10.2. The molecule has 0 aromatic carbocycles. The second kappa shape index (κ2) is 7.59. The van der Waals surface area contributed by atoms with Crippen LogP contribution in [0.1, 0.15) is 12.0 Å². The second-order valence-electron chi connectivity index (χ2n) is 4.87. The maximum atomic E-state index is 11.8. The fourth-order valence-electron chi connectivity index (χ4n) is 2.14. The van der Waals surface area contributed by atoms with Gasteiger partial charge in [0.25, 0.3) is 0 Å². The highest BCUT2D eigenvalue weighted by molar-refractivity contribution is 5.76. The van der Waals surface area contributed by atoms with E-state index in [0.717, 1.165) is 44.7 Å². The Bertz CT molecular complexity index is 430. The molecule has 2 rings (SSSR count). The maximum Gasteiger partial charge on any atom is 0.221 e. The molecule has 0 saturated carbocycles. The highest BCUT2D eigenvalue weighted by atomic mass is 16.1. The highest BCUT2D eigenvalue weighted by Gasteiger charge is 2.15. The number of hydrogen-bond donors (Lipinski definition) is 1. The molecule has 1 aliphatic heterocycles. The average Bonchev–Trinajstić information content (AvgIpc) is 2.52. The van der Waals surface area contributed by atoms with Crippen LogP contribution in [0.4, 0.5) is 0 Å². The van der Waals surface area contributed by atoms with Gasteiger partial charge >= 0.3 is 0 Å². The molecule has 0 spiro atoms. The van der Waals surface area contributed by atoms with Crippen molar-refractivity contribution < 1.29 is 9.59 Å². The van der Waals surface area contributed by atoms with Crippen molar-refractivity contribution in [3.63, 3.8) is 0 Å². The van der Waals surface area contributed by atoms with Crippen LogP contribution in [0.25, 0.3) is 0 Å². The van der Waals surface area contributed by atoms with Crippen molar-refractivity contribution in [3.05, 3.63) is 30.1 Å². The van der Waals surface area contributed by atoms with Crippen LogP contribution in [0.3, 0.4) is 0 Å². The summed E-state index contributed by atoms with van der Waals surface area (Å²) in [7, 11) is 0. The maximum absolute atomic E-state index is 11.8. The first-order chi connectivity index (χ1) is 9.78. The van der Waals surface area contributed by atoms with Crippen LogP contribution in [0, 0.1) is 0 Å². The molecule has 0 unspecified atom stereocenters. The summed E-state index contributed by atoms with van der Waals surface area (Å²) < 4.78 is 0. The molecule has 0 bridgehead atoms. The SMILES string of the molecule is O=CN1CCN(CCC(=O)NCc2cccnc2)CC1. The van der Waals surface area contributed by atoms with Crippen molar-refractivity contribution >= 4 is 12.3 Å². The van der Waals surface area contributed by atoms with Gasteiger partial charge in [-0.15, -0.1) is 0 Å². The Morgan fingerprint density at radius 2 is 2.15 bits per heavy atom. The summed E-state index contributed by atoms with van der Waals surface area (Å²) in [5.74, 6) is 0.0478. The molecule has 1 N–H and O–H groups in total. The van der Waals surface area contributed by atoms with Crippen LogP contribution in [0.5, 0.6) is 0 Å². The van der Waals surface area contributed by atoms with Gasteiger partial charge in [0.05, 0.1) is 0 Å². The van der Waals surface area contributed by atoms with Crippen LogP contribution in [0.2, 0.25) is 0 Å². The molecule has 108 valence electrons.